The molecule has 1 aliphatic heterocycles. The van der Waals surface area contributed by atoms with Crippen molar-refractivity contribution in [1.29, 1.82) is 0 Å². The summed E-state index contributed by atoms with van der Waals surface area (Å²) in [7, 11) is 1.92. The number of carbonyl (C=O) groups is 1. The number of cyclic esters (lactones) is 1. The lowest BCUT2D eigenvalue weighted by atomic mass is 9.87. The zero-order chi connectivity index (χ0) is 16.6. The van der Waals surface area contributed by atoms with Crippen LogP contribution < -0.4 is 0 Å². The van der Waals surface area contributed by atoms with Crippen molar-refractivity contribution in [2.24, 2.45) is 12.0 Å². The Hall–Kier alpha value is -2.62. The molecule has 0 N–H and O–H groups in total. The topological polar surface area (TPSA) is 43.6 Å². The van der Waals surface area contributed by atoms with Gasteiger partial charge in [-0.1, -0.05) is 32.9 Å². The van der Waals surface area contributed by atoms with Crippen LogP contribution in [0.2, 0.25) is 0 Å². The van der Waals surface area contributed by atoms with E-state index in [-0.39, 0.29) is 5.41 Å². The summed E-state index contributed by atoms with van der Waals surface area (Å²) in [4.78, 5) is 16.3. The molecule has 0 aliphatic carbocycles. The molecule has 0 saturated heterocycles. The van der Waals surface area contributed by atoms with Crippen molar-refractivity contribution in [3.8, 4) is 0 Å². The summed E-state index contributed by atoms with van der Waals surface area (Å²) in [5, 5.41) is 0. The summed E-state index contributed by atoms with van der Waals surface area (Å²) in [6, 6.07) is 11.8. The van der Waals surface area contributed by atoms with Crippen molar-refractivity contribution in [1.82, 2.24) is 4.57 Å². The van der Waals surface area contributed by atoms with Crippen LogP contribution in [-0.4, -0.2) is 16.4 Å². The van der Waals surface area contributed by atoms with Crippen LogP contribution in [0, 0.1) is 0 Å². The Kier molecular flexibility index (Phi) is 3.68. The first-order chi connectivity index (χ1) is 10.8. The third-order valence-electron chi connectivity index (χ3n) is 3.89. The molecule has 0 atom stereocenters. The number of aromatic nitrogens is 1. The van der Waals surface area contributed by atoms with Gasteiger partial charge in [-0.2, -0.15) is 0 Å². The average molecular weight is 308 g/mol. The fraction of sp³-hybridized carbons (Fsp3) is 0.263. The van der Waals surface area contributed by atoms with E-state index in [2.05, 4.69) is 25.8 Å². The molecule has 0 bridgehead atoms. The zero-order valence-electron chi connectivity index (χ0n) is 13.8. The van der Waals surface area contributed by atoms with Gasteiger partial charge in [0.2, 0.25) is 5.90 Å². The highest BCUT2D eigenvalue weighted by Crippen LogP contribution is 2.24. The molecule has 23 heavy (non-hydrogen) atoms. The molecule has 1 aromatic heterocycles. The summed E-state index contributed by atoms with van der Waals surface area (Å²) >= 11 is 0. The highest BCUT2D eigenvalue weighted by Gasteiger charge is 2.24. The van der Waals surface area contributed by atoms with Crippen molar-refractivity contribution < 1.29 is 9.53 Å². The number of ether oxygens (including phenoxy) is 1. The predicted molar refractivity (Wildman–Crippen MR) is 91.2 cm³/mol. The first kappa shape index (κ1) is 15.3. The Morgan fingerprint density at radius 1 is 1.13 bits per heavy atom. The molecule has 4 heteroatoms. The van der Waals surface area contributed by atoms with Crippen LogP contribution >= 0.6 is 0 Å². The predicted octanol–water partition coefficient (Wildman–Crippen LogP) is 3.67. The van der Waals surface area contributed by atoms with Crippen molar-refractivity contribution in [2.45, 2.75) is 26.2 Å². The highest BCUT2D eigenvalue weighted by atomic mass is 16.6. The SMILES string of the molecule is Cn1cccc1C=C1N=C(c2ccc(C(C)(C)C)cc2)OC1=O. The van der Waals surface area contributed by atoms with Gasteiger partial charge in [0.1, 0.15) is 0 Å². The number of hydrogen-bond acceptors (Lipinski definition) is 3. The van der Waals surface area contributed by atoms with Crippen LogP contribution in [0.5, 0.6) is 0 Å². The van der Waals surface area contributed by atoms with E-state index in [9.17, 15) is 4.79 Å². The summed E-state index contributed by atoms with van der Waals surface area (Å²) in [5.74, 6) is -0.0583. The van der Waals surface area contributed by atoms with Gasteiger partial charge >= 0.3 is 5.97 Å². The average Bonchev–Trinajstić information content (AvgIpc) is 3.06. The number of rotatable bonds is 2. The second kappa shape index (κ2) is 5.54. The van der Waals surface area contributed by atoms with Gasteiger partial charge in [0.05, 0.1) is 0 Å². The number of aryl methyl sites for hydroxylation is 1. The van der Waals surface area contributed by atoms with Crippen LogP contribution in [0.1, 0.15) is 37.6 Å². The largest absolute Gasteiger partial charge is 0.402 e. The molecule has 0 spiro atoms. The van der Waals surface area contributed by atoms with Crippen LogP contribution in [-0.2, 0) is 22.0 Å². The van der Waals surface area contributed by atoms with Crippen LogP contribution in [0.4, 0.5) is 0 Å². The summed E-state index contributed by atoms with van der Waals surface area (Å²) < 4.78 is 7.23. The van der Waals surface area contributed by atoms with E-state index >= 15 is 0 Å². The maximum atomic E-state index is 12.0. The van der Waals surface area contributed by atoms with E-state index in [1.165, 1.54) is 5.56 Å². The van der Waals surface area contributed by atoms with E-state index in [4.69, 9.17) is 4.74 Å². The minimum absolute atomic E-state index is 0.0876. The molecule has 118 valence electrons. The third-order valence-corrected chi connectivity index (χ3v) is 3.89. The van der Waals surface area contributed by atoms with Gasteiger partial charge in [0.15, 0.2) is 5.70 Å². The molecule has 0 radical (unpaired) electrons. The maximum Gasteiger partial charge on any atom is 0.363 e. The van der Waals surface area contributed by atoms with Crippen molar-refractivity contribution in [3.05, 3.63) is 65.1 Å². The summed E-state index contributed by atoms with van der Waals surface area (Å²) in [6.45, 7) is 6.49. The normalized spacial score (nSPS) is 16.6. The number of benzene rings is 1. The van der Waals surface area contributed by atoms with E-state index in [0.29, 0.717) is 11.6 Å². The van der Waals surface area contributed by atoms with Crippen molar-refractivity contribution in [3.63, 3.8) is 0 Å². The number of hydrogen-bond donors (Lipinski definition) is 0. The Morgan fingerprint density at radius 2 is 1.83 bits per heavy atom. The van der Waals surface area contributed by atoms with Crippen LogP contribution in [0.25, 0.3) is 6.08 Å². The van der Waals surface area contributed by atoms with Gasteiger partial charge in [-0.15, -0.1) is 0 Å². The molecule has 0 saturated carbocycles. The maximum absolute atomic E-state index is 12.0. The smallest absolute Gasteiger partial charge is 0.363 e. The van der Waals surface area contributed by atoms with Gasteiger partial charge in [0, 0.05) is 24.5 Å². The van der Waals surface area contributed by atoms with Crippen molar-refractivity contribution in [2.75, 3.05) is 0 Å². The van der Waals surface area contributed by atoms with Crippen LogP contribution in [0.15, 0.2) is 53.3 Å². The second-order valence-electron chi connectivity index (χ2n) is 6.71. The van der Waals surface area contributed by atoms with Gasteiger partial charge in [-0.3, -0.25) is 0 Å². The monoisotopic (exact) mass is 308 g/mol. The molecule has 2 heterocycles. The molecule has 2 aromatic rings. The molecule has 1 aliphatic rings. The molecule has 4 nitrogen and oxygen atoms in total. The van der Waals surface area contributed by atoms with Gasteiger partial charge in [-0.05, 0) is 41.3 Å². The number of esters is 1. The summed E-state index contributed by atoms with van der Waals surface area (Å²) in [5.41, 5.74) is 3.35. The summed E-state index contributed by atoms with van der Waals surface area (Å²) in [6.07, 6.45) is 3.65. The van der Waals surface area contributed by atoms with Crippen molar-refractivity contribution >= 4 is 17.9 Å². The first-order valence-electron chi connectivity index (χ1n) is 7.59. The Bertz CT molecular complexity index is 803. The standard InChI is InChI=1S/C19H20N2O2/c1-19(2,3)14-9-7-13(8-10-14)17-20-16(18(22)23-17)12-15-6-5-11-21(15)4/h5-12H,1-4H3. The highest BCUT2D eigenvalue weighted by molar-refractivity contribution is 6.12. The second-order valence-corrected chi connectivity index (χ2v) is 6.71. The lowest BCUT2D eigenvalue weighted by molar-refractivity contribution is -0.129. The minimum atomic E-state index is -0.416. The molecule has 0 amide bonds. The quantitative estimate of drug-likeness (QED) is 0.627. The Labute approximate surface area is 136 Å². The number of carbonyl (C=O) groups excluding carboxylic acids is 1. The number of aliphatic imine (C=N–C) groups is 1. The molecule has 1 aromatic carbocycles. The lowest BCUT2D eigenvalue weighted by Crippen LogP contribution is -2.11. The van der Waals surface area contributed by atoms with Gasteiger partial charge in [-0.25, -0.2) is 9.79 Å². The molecular weight excluding hydrogens is 288 g/mol. The zero-order valence-corrected chi connectivity index (χ0v) is 13.8. The molecule has 0 fully saturated rings. The van der Waals surface area contributed by atoms with Gasteiger partial charge in [0.25, 0.3) is 0 Å². The molecular formula is C19H20N2O2. The Morgan fingerprint density at radius 3 is 2.39 bits per heavy atom. The van der Waals surface area contributed by atoms with E-state index < -0.39 is 5.97 Å². The fourth-order valence-corrected chi connectivity index (χ4v) is 2.41. The fourth-order valence-electron chi connectivity index (χ4n) is 2.41. The van der Waals surface area contributed by atoms with E-state index in [1.54, 1.807) is 6.08 Å². The van der Waals surface area contributed by atoms with Crippen LogP contribution in [0.3, 0.4) is 0 Å². The van der Waals surface area contributed by atoms with E-state index in [0.717, 1.165) is 11.3 Å². The molecule has 0 unspecified atom stereocenters. The minimum Gasteiger partial charge on any atom is -0.402 e. The third kappa shape index (κ3) is 3.11. The molecule has 3 rings (SSSR count). The van der Waals surface area contributed by atoms with E-state index in [1.807, 2.05) is 54.2 Å². The van der Waals surface area contributed by atoms with Gasteiger partial charge < -0.3 is 9.30 Å². The Balaban J connectivity index is 1.90. The first-order valence-corrected chi connectivity index (χ1v) is 7.59. The lowest BCUT2D eigenvalue weighted by Gasteiger charge is -2.18. The number of nitrogens with zero attached hydrogens (tertiary/aromatic N) is 2.